The van der Waals surface area contributed by atoms with E-state index in [1.165, 1.54) is 4.90 Å². The maximum atomic E-state index is 13.2. The van der Waals surface area contributed by atoms with Crippen LogP contribution in [0.2, 0.25) is 0 Å². The van der Waals surface area contributed by atoms with Crippen LogP contribution in [0.1, 0.15) is 30.3 Å². The number of ether oxygens (including phenoxy) is 3. The molecule has 1 amide bonds. The van der Waals surface area contributed by atoms with Crippen molar-refractivity contribution in [3.05, 3.63) is 71.7 Å². The number of nitrogens with two attached hydrogens (primary N) is 1. The number of amidine groups is 1. The highest BCUT2D eigenvalue weighted by molar-refractivity contribution is 5.96. The summed E-state index contributed by atoms with van der Waals surface area (Å²) in [6, 6.07) is 13.8. The van der Waals surface area contributed by atoms with E-state index in [1.807, 2.05) is 6.92 Å². The van der Waals surface area contributed by atoms with E-state index in [4.69, 9.17) is 25.4 Å². The van der Waals surface area contributed by atoms with Gasteiger partial charge in [0.15, 0.2) is 0 Å². The standard InChI is InChI=1S/C28H31N7O5/c1-4-39-25(36)12-14-35(24-7-5-6-13-31-24)28(37)40-21-11-10-20-26(17(21)2)34-23(33-20)16-32-19-9-8-18(27(29)30)15-22(19)38-3/h5-11,13,15,32H,4,12,14,16H2,1-3H3,(H3,29,30)(H,33,34). The molecule has 40 heavy (non-hydrogen) atoms. The number of aryl methyl sites for hydroxylation is 1. The molecule has 0 saturated heterocycles. The van der Waals surface area contributed by atoms with E-state index in [1.54, 1.807) is 68.8 Å². The lowest BCUT2D eigenvalue weighted by Gasteiger charge is -2.21. The molecule has 4 rings (SSSR count). The van der Waals surface area contributed by atoms with E-state index in [9.17, 15) is 9.59 Å². The zero-order valence-electron chi connectivity index (χ0n) is 22.5. The van der Waals surface area contributed by atoms with Gasteiger partial charge in [0, 0.05) is 23.9 Å². The second kappa shape index (κ2) is 12.6. The van der Waals surface area contributed by atoms with Crippen molar-refractivity contribution < 1.29 is 23.8 Å². The Balaban J connectivity index is 1.50. The summed E-state index contributed by atoms with van der Waals surface area (Å²) < 4.78 is 16.2. The summed E-state index contributed by atoms with van der Waals surface area (Å²) in [5, 5.41) is 10.9. The van der Waals surface area contributed by atoms with Crippen molar-refractivity contribution in [3.63, 3.8) is 0 Å². The minimum absolute atomic E-state index is 0.00444. The van der Waals surface area contributed by atoms with Gasteiger partial charge in [0.25, 0.3) is 0 Å². The molecule has 12 heteroatoms. The van der Waals surface area contributed by atoms with Gasteiger partial charge in [-0.2, -0.15) is 0 Å². The van der Waals surface area contributed by atoms with E-state index in [0.29, 0.717) is 46.3 Å². The topological polar surface area (TPSA) is 169 Å². The summed E-state index contributed by atoms with van der Waals surface area (Å²) in [6.45, 7) is 4.20. The number of nitrogens with zero attached hydrogens (tertiary/aromatic N) is 3. The number of hydrogen-bond donors (Lipinski definition) is 4. The largest absolute Gasteiger partial charge is 0.495 e. The van der Waals surface area contributed by atoms with Crippen LogP contribution >= 0.6 is 0 Å². The van der Waals surface area contributed by atoms with Crippen molar-refractivity contribution >= 4 is 40.4 Å². The zero-order chi connectivity index (χ0) is 28.6. The van der Waals surface area contributed by atoms with Crippen LogP contribution in [0.5, 0.6) is 11.5 Å². The molecule has 0 radical (unpaired) electrons. The number of aromatic amines is 1. The summed E-state index contributed by atoms with van der Waals surface area (Å²) >= 11 is 0. The Labute approximate surface area is 231 Å². The number of nitrogens with one attached hydrogen (secondary N) is 3. The van der Waals surface area contributed by atoms with Crippen molar-refractivity contribution in [1.82, 2.24) is 15.0 Å². The third-order valence-electron chi connectivity index (χ3n) is 6.05. The molecule has 0 spiro atoms. The zero-order valence-corrected chi connectivity index (χ0v) is 22.5. The van der Waals surface area contributed by atoms with Crippen LogP contribution in [0.4, 0.5) is 16.3 Å². The highest BCUT2D eigenvalue weighted by Crippen LogP contribution is 2.29. The molecule has 0 fully saturated rings. The number of carbonyl (C=O) groups excluding carboxylic acids is 2. The first-order valence-electron chi connectivity index (χ1n) is 12.6. The Kier molecular flexibility index (Phi) is 8.79. The first-order chi connectivity index (χ1) is 19.3. The number of carbonyl (C=O) groups is 2. The fourth-order valence-electron chi connectivity index (χ4n) is 4.02. The smallest absolute Gasteiger partial charge is 0.420 e. The van der Waals surface area contributed by atoms with Gasteiger partial charge in [-0.05, 0) is 56.3 Å². The number of fused-ring (bicyclic) bond motifs is 1. The normalized spacial score (nSPS) is 10.7. The number of pyridine rings is 1. The van der Waals surface area contributed by atoms with Gasteiger partial charge in [0.1, 0.15) is 29.0 Å². The number of aromatic nitrogens is 3. The quantitative estimate of drug-likeness (QED) is 0.123. The van der Waals surface area contributed by atoms with Crippen LogP contribution in [-0.4, -0.2) is 53.1 Å². The van der Waals surface area contributed by atoms with Gasteiger partial charge in [0.05, 0.1) is 43.4 Å². The lowest BCUT2D eigenvalue weighted by Crippen LogP contribution is -2.36. The van der Waals surface area contributed by atoms with E-state index < -0.39 is 12.1 Å². The van der Waals surface area contributed by atoms with E-state index in [0.717, 1.165) is 11.2 Å². The maximum Gasteiger partial charge on any atom is 0.420 e. The Morgan fingerprint density at radius 2 is 1.98 bits per heavy atom. The molecular weight excluding hydrogens is 514 g/mol. The molecule has 12 nitrogen and oxygen atoms in total. The molecule has 0 saturated carbocycles. The van der Waals surface area contributed by atoms with Crippen molar-refractivity contribution in [2.45, 2.75) is 26.8 Å². The van der Waals surface area contributed by atoms with Gasteiger partial charge in [-0.15, -0.1) is 0 Å². The molecule has 208 valence electrons. The van der Waals surface area contributed by atoms with E-state index >= 15 is 0 Å². The molecular formula is C28H31N7O5. The number of H-pyrrole nitrogens is 1. The van der Waals surface area contributed by atoms with Gasteiger partial charge in [-0.25, -0.2) is 14.8 Å². The predicted octanol–water partition coefficient (Wildman–Crippen LogP) is 4.13. The number of rotatable bonds is 11. The predicted molar refractivity (Wildman–Crippen MR) is 151 cm³/mol. The highest BCUT2D eigenvalue weighted by atomic mass is 16.6. The average Bonchev–Trinajstić information content (AvgIpc) is 3.38. The number of amides is 1. The van der Waals surface area contributed by atoms with Gasteiger partial charge in [-0.1, -0.05) is 6.07 Å². The fourth-order valence-corrected chi connectivity index (χ4v) is 4.02. The summed E-state index contributed by atoms with van der Waals surface area (Å²) in [5.41, 5.74) is 8.95. The summed E-state index contributed by atoms with van der Waals surface area (Å²) in [4.78, 5) is 38.6. The minimum Gasteiger partial charge on any atom is -0.495 e. The second-order valence-corrected chi connectivity index (χ2v) is 8.71. The fraction of sp³-hybridized carbons (Fsp3) is 0.250. The molecule has 0 aliphatic heterocycles. The minimum atomic E-state index is -0.677. The molecule has 0 atom stereocenters. The van der Waals surface area contributed by atoms with Crippen molar-refractivity contribution in [2.75, 3.05) is 30.5 Å². The van der Waals surface area contributed by atoms with Crippen molar-refractivity contribution in [3.8, 4) is 11.5 Å². The number of hydrogen-bond acceptors (Lipinski definition) is 9. The molecule has 2 aromatic heterocycles. The molecule has 0 bridgehead atoms. The van der Waals surface area contributed by atoms with Crippen LogP contribution in [0.15, 0.2) is 54.7 Å². The molecule has 0 unspecified atom stereocenters. The molecule has 0 aliphatic carbocycles. The van der Waals surface area contributed by atoms with Gasteiger partial charge < -0.3 is 30.2 Å². The van der Waals surface area contributed by atoms with Gasteiger partial charge in [-0.3, -0.25) is 15.1 Å². The van der Waals surface area contributed by atoms with Crippen LogP contribution in [0, 0.1) is 12.3 Å². The van der Waals surface area contributed by atoms with Gasteiger partial charge >= 0.3 is 12.1 Å². The number of imidazole rings is 1. The summed E-state index contributed by atoms with van der Waals surface area (Å²) in [7, 11) is 1.55. The first-order valence-corrected chi connectivity index (χ1v) is 12.6. The lowest BCUT2D eigenvalue weighted by molar-refractivity contribution is -0.142. The molecule has 0 aliphatic rings. The van der Waals surface area contributed by atoms with Crippen LogP contribution in [-0.2, 0) is 16.1 Å². The Hall–Kier alpha value is -5.13. The van der Waals surface area contributed by atoms with Crippen LogP contribution in [0.25, 0.3) is 11.0 Å². The maximum absolute atomic E-state index is 13.2. The third kappa shape index (κ3) is 6.46. The van der Waals surface area contributed by atoms with E-state index in [-0.39, 0.29) is 25.4 Å². The summed E-state index contributed by atoms with van der Waals surface area (Å²) in [6.07, 6.45) is 0.878. The molecule has 5 N–H and O–H groups in total. The number of benzene rings is 2. The number of esters is 1. The Morgan fingerprint density at radius 1 is 1.15 bits per heavy atom. The number of methoxy groups -OCH3 is 1. The monoisotopic (exact) mass is 545 g/mol. The van der Waals surface area contributed by atoms with Gasteiger partial charge in [0.2, 0.25) is 0 Å². The molecule has 2 aromatic carbocycles. The number of nitrogen functional groups attached to an aromatic ring is 1. The van der Waals surface area contributed by atoms with Crippen LogP contribution < -0.4 is 25.4 Å². The third-order valence-corrected chi connectivity index (χ3v) is 6.05. The van der Waals surface area contributed by atoms with Crippen LogP contribution in [0.3, 0.4) is 0 Å². The Morgan fingerprint density at radius 3 is 2.67 bits per heavy atom. The molecule has 4 aromatic rings. The highest BCUT2D eigenvalue weighted by Gasteiger charge is 2.22. The van der Waals surface area contributed by atoms with Crippen molar-refractivity contribution in [1.29, 1.82) is 5.41 Å². The first kappa shape index (κ1) is 27.9. The lowest BCUT2D eigenvalue weighted by atomic mass is 10.1. The second-order valence-electron chi connectivity index (χ2n) is 8.71. The average molecular weight is 546 g/mol. The SMILES string of the molecule is CCOC(=O)CCN(C(=O)Oc1ccc2[nH]c(CNc3ccc(C(=N)N)cc3OC)nc2c1C)c1ccccn1. The number of anilines is 2. The summed E-state index contributed by atoms with van der Waals surface area (Å²) in [5.74, 6) is 1.44. The van der Waals surface area contributed by atoms with E-state index in [2.05, 4.69) is 20.3 Å². The molecule has 2 heterocycles. The Bertz CT molecular complexity index is 1520. The van der Waals surface area contributed by atoms with Crippen molar-refractivity contribution in [2.24, 2.45) is 5.73 Å².